The number of likely N-dealkylation sites (tertiary alicyclic amines) is 1. The lowest BCUT2D eigenvalue weighted by Gasteiger charge is -2.39. The minimum Gasteiger partial charge on any atom is -0.756 e. The van der Waals surface area contributed by atoms with Gasteiger partial charge in [-0.05, 0) is 50.6 Å². The van der Waals surface area contributed by atoms with Crippen LogP contribution >= 0.6 is 0 Å². The maximum atomic E-state index is 13.1. The summed E-state index contributed by atoms with van der Waals surface area (Å²) in [6, 6.07) is 3.64. The van der Waals surface area contributed by atoms with Crippen LogP contribution in [-0.2, 0) is 11.3 Å². The van der Waals surface area contributed by atoms with Crippen molar-refractivity contribution in [3.8, 4) is 5.82 Å². The first-order chi connectivity index (χ1) is 15.4. The van der Waals surface area contributed by atoms with Crippen molar-refractivity contribution in [2.75, 3.05) is 13.1 Å². The first-order valence-electron chi connectivity index (χ1n) is 11.1. The molecule has 0 saturated carbocycles. The Morgan fingerprint density at radius 1 is 1.28 bits per heavy atom. The number of primary amides is 1. The number of amides is 2. The molecule has 1 aliphatic rings. The number of hydrogen-bond donors (Lipinski definition) is 2. The Bertz CT molecular complexity index is 911. The first kappa shape index (κ1) is 23.8. The number of aliphatic hydroxyl groups is 1. The van der Waals surface area contributed by atoms with Crippen molar-refractivity contribution in [2.24, 2.45) is 5.73 Å². The summed E-state index contributed by atoms with van der Waals surface area (Å²) in [5, 5.41) is 27.7. The number of unbranched alkanes of at least 4 members (excludes halogenated alkanes) is 1. The lowest BCUT2D eigenvalue weighted by Crippen LogP contribution is -2.49. The Morgan fingerprint density at radius 3 is 2.72 bits per heavy atom. The number of aliphatic hydroxyl groups excluding tert-OH is 1. The Balaban J connectivity index is 1.82. The van der Waals surface area contributed by atoms with Crippen LogP contribution in [0, 0.1) is 5.21 Å². The summed E-state index contributed by atoms with van der Waals surface area (Å²) >= 11 is 0. The zero-order valence-electron chi connectivity index (χ0n) is 18.4. The molecule has 0 bridgehead atoms. The van der Waals surface area contributed by atoms with E-state index in [0.717, 1.165) is 25.2 Å². The van der Waals surface area contributed by atoms with Gasteiger partial charge in [0.1, 0.15) is 0 Å². The molecular weight excluding hydrogens is 412 g/mol. The molecule has 32 heavy (non-hydrogen) atoms. The van der Waals surface area contributed by atoms with E-state index in [1.165, 1.54) is 36.2 Å². The number of hydrogen-bond acceptors (Lipinski definition) is 7. The van der Waals surface area contributed by atoms with Crippen molar-refractivity contribution >= 4 is 11.8 Å². The largest absolute Gasteiger partial charge is 0.756 e. The van der Waals surface area contributed by atoms with Gasteiger partial charge in [-0.2, -0.15) is 5.10 Å². The Morgan fingerprint density at radius 2 is 2.03 bits per heavy atom. The molecule has 2 unspecified atom stereocenters. The molecule has 0 aliphatic carbocycles. The maximum absolute atomic E-state index is 13.1. The molecule has 1 aliphatic heterocycles. The molecule has 10 nitrogen and oxygen atoms in total. The summed E-state index contributed by atoms with van der Waals surface area (Å²) in [5.74, 6) is -1.73. The summed E-state index contributed by atoms with van der Waals surface area (Å²) < 4.78 is 1.48. The number of hydroxylamine groups is 2. The van der Waals surface area contributed by atoms with Crippen LogP contribution in [0.2, 0.25) is 0 Å². The van der Waals surface area contributed by atoms with Gasteiger partial charge >= 0.3 is 0 Å². The summed E-state index contributed by atoms with van der Waals surface area (Å²) in [4.78, 5) is 31.1. The predicted molar refractivity (Wildman–Crippen MR) is 119 cm³/mol. The second-order valence-electron chi connectivity index (χ2n) is 8.15. The van der Waals surface area contributed by atoms with Gasteiger partial charge in [-0.25, -0.2) is 9.67 Å². The highest BCUT2D eigenvalue weighted by atomic mass is 16.5. The van der Waals surface area contributed by atoms with Gasteiger partial charge in [0.15, 0.2) is 11.9 Å². The molecule has 2 atom stereocenters. The van der Waals surface area contributed by atoms with E-state index in [2.05, 4.69) is 15.0 Å². The number of pyridine rings is 1. The summed E-state index contributed by atoms with van der Waals surface area (Å²) in [5.41, 5.74) is 6.07. The second kappa shape index (κ2) is 11.2. The highest BCUT2D eigenvalue weighted by Crippen LogP contribution is 2.20. The van der Waals surface area contributed by atoms with E-state index in [9.17, 15) is 19.9 Å². The van der Waals surface area contributed by atoms with E-state index in [-0.39, 0.29) is 22.9 Å². The third-order valence-corrected chi connectivity index (χ3v) is 5.72. The minimum absolute atomic E-state index is 0.0355. The molecule has 3 rings (SSSR count). The van der Waals surface area contributed by atoms with E-state index >= 15 is 0 Å². The first-order valence-corrected chi connectivity index (χ1v) is 11.1. The van der Waals surface area contributed by atoms with Crippen LogP contribution in [-0.4, -0.2) is 66.9 Å². The number of carbonyl (C=O) groups is 2. The molecule has 3 N–H and O–H groups in total. The lowest BCUT2D eigenvalue weighted by molar-refractivity contribution is -0.128. The molecule has 2 amide bonds. The van der Waals surface area contributed by atoms with Crippen molar-refractivity contribution in [1.82, 2.24) is 24.7 Å². The van der Waals surface area contributed by atoms with Gasteiger partial charge in [0.2, 0.25) is 11.8 Å². The van der Waals surface area contributed by atoms with Crippen LogP contribution in [0.4, 0.5) is 0 Å². The summed E-state index contributed by atoms with van der Waals surface area (Å²) in [6.45, 7) is 4.68. The predicted octanol–water partition coefficient (Wildman–Crippen LogP) is 1.60. The highest BCUT2D eigenvalue weighted by Gasteiger charge is 2.29. The van der Waals surface area contributed by atoms with Crippen molar-refractivity contribution in [3.05, 3.63) is 47.1 Å². The normalized spacial score (nSPS) is 16.5. The number of piperidine rings is 1. The lowest BCUT2D eigenvalue weighted by atomic mass is 10.0. The van der Waals surface area contributed by atoms with Crippen LogP contribution in [0.25, 0.3) is 5.82 Å². The molecular formula is C22H31N6O4-. The van der Waals surface area contributed by atoms with Gasteiger partial charge in [0.05, 0.1) is 17.3 Å². The average Bonchev–Trinajstić information content (AvgIpc) is 3.27. The summed E-state index contributed by atoms with van der Waals surface area (Å²) in [7, 11) is 0. The SMILES string of the molecule is CCCCC(C(O)C(N)=O)N([O-])C(=O)c1cccnc1-n1ccc(CN2CCCCC2)n1. The zero-order valence-corrected chi connectivity index (χ0v) is 18.4. The highest BCUT2D eigenvalue weighted by molar-refractivity contribution is 5.98. The Labute approximate surface area is 187 Å². The molecule has 0 aromatic carbocycles. The molecule has 2 aromatic heterocycles. The van der Waals surface area contributed by atoms with Gasteiger partial charge in [-0.1, -0.05) is 26.2 Å². The van der Waals surface area contributed by atoms with Gasteiger partial charge in [0, 0.05) is 18.9 Å². The van der Waals surface area contributed by atoms with Crippen LogP contribution in [0.5, 0.6) is 0 Å². The molecule has 0 radical (unpaired) electrons. The average molecular weight is 444 g/mol. The molecule has 0 spiro atoms. The summed E-state index contributed by atoms with van der Waals surface area (Å²) in [6.07, 6.45) is 6.52. The van der Waals surface area contributed by atoms with E-state index in [1.54, 1.807) is 12.3 Å². The van der Waals surface area contributed by atoms with E-state index in [0.29, 0.717) is 13.0 Å². The fourth-order valence-corrected chi connectivity index (χ4v) is 3.93. The number of aromatic nitrogens is 3. The molecule has 3 heterocycles. The Kier molecular flexibility index (Phi) is 8.32. The fraction of sp³-hybridized carbons (Fsp3) is 0.545. The Hall–Kier alpha value is -2.82. The number of nitrogens with zero attached hydrogens (tertiary/aromatic N) is 5. The van der Waals surface area contributed by atoms with Crippen molar-refractivity contribution in [3.63, 3.8) is 0 Å². The monoisotopic (exact) mass is 443 g/mol. The van der Waals surface area contributed by atoms with Crippen LogP contribution in [0.15, 0.2) is 30.6 Å². The van der Waals surface area contributed by atoms with Crippen molar-refractivity contribution in [2.45, 2.75) is 64.1 Å². The zero-order chi connectivity index (χ0) is 23.1. The van der Waals surface area contributed by atoms with Gasteiger partial charge in [0.25, 0.3) is 0 Å². The van der Waals surface area contributed by atoms with Crippen LogP contribution < -0.4 is 5.73 Å². The maximum Gasteiger partial charge on any atom is 0.248 e. The standard InChI is InChI=1S/C22H31N6O4/c1-2-3-9-18(19(29)20(23)30)28(32)22(31)17-8-7-11-24-21(17)27-14-10-16(25-27)15-26-12-5-4-6-13-26/h7-8,10-11,14,18-19,29H,2-6,9,12-13,15H2,1H3,(H2,23,30)/q-1. The number of nitrogens with two attached hydrogens (primary N) is 1. The topological polar surface area (TPSA) is 141 Å². The van der Waals surface area contributed by atoms with Gasteiger partial charge in [-0.3, -0.25) is 14.5 Å². The second-order valence-corrected chi connectivity index (χ2v) is 8.15. The molecule has 1 fully saturated rings. The molecule has 10 heteroatoms. The third kappa shape index (κ3) is 5.70. The van der Waals surface area contributed by atoms with Gasteiger partial charge in [-0.15, -0.1) is 0 Å². The molecule has 174 valence electrons. The molecule has 2 aromatic rings. The van der Waals surface area contributed by atoms with Crippen LogP contribution in [0.3, 0.4) is 0 Å². The van der Waals surface area contributed by atoms with E-state index in [1.807, 2.05) is 13.0 Å². The third-order valence-electron chi connectivity index (χ3n) is 5.72. The smallest absolute Gasteiger partial charge is 0.248 e. The van der Waals surface area contributed by atoms with Gasteiger partial charge < -0.3 is 21.1 Å². The van der Waals surface area contributed by atoms with E-state index < -0.39 is 24.0 Å². The number of rotatable bonds is 10. The fourth-order valence-electron chi connectivity index (χ4n) is 3.93. The number of carbonyl (C=O) groups excluding carboxylic acids is 2. The van der Waals surface area contributed by atoms with Crippen molar-refractivity contribution < 1.29 is 14.7 Å². The van der Waals surface area contributed by atoms with E-state index in [4.69, 9.17) is 5.73 Å². The van der Waals surface area contributed by atoms with Crippen molar-refractivity contribution in [1.29, 1.82) is 0 Å². The quantitative estimate of drug-likeness (QED) is 0.531. The molecule has 1 saturated heterocycles. The minimum atomic E-state index is -1.75. The van der Waals surface area contributed by atoms with Crippen LogP contribution in [0.1, 0.15) is 61.5 Å².